The van der Waals surface area contributed by atoms with E-state index in [1.54, 1.807) is 30.3 Å². The van der Waals surface area contributed by atoms with Gasteiger partial charge in [-0.3, -0.25) is 9.59 Å². The van der Waals surface area contributed by atoms with Gasteiger partial charge in [-0.25, -0.2) is 0 Å². The third kappa shape index (κ3) is 5.08. The van der Waals surface area contributed by atoms with Gasteiger partial charge in [-0.2, -0.15) is 0 Å². The maximum absolute atomic E-state index is 12.2. The Bertz CT molecular complexity index is 725. The van der Waals surface area contributed by atoms with E-state index in [4.69, 9.17) is 4.74 Å². The molecule has 1 aliphatic carbocycles. The molecule has 0 bridgehead atoms. The van der Waals surface area contributed by atoms with Crippen LogP contribution in [0, 0.1) is 5.92 Å². The molecule has 2 amide bonds. The smallest absolute Gasteiger partial charge is 0.262 e. The highest BCUT2D eigenvalue weighted by Gasteiger charge is 2.22. The second kappa shape index (κ2) is 8.33. The van der Waals surface area contributed by atoms with Gasteiger partial charge in [-0.1, -0.05) is 37.1 Å². The number of ether oxygens (including phenoxy) is 1. The topological polar surface area (TPSA) is 67.4 Å². The summed E-state index contributed by atoms with van der Waals surface area (Å²) in [6.07, 6.45) is 4.16. The molecule has 0 saturated heterocycles. The molecule has 2 N–H and O–H groups in total. The van der Waals surface area contributed by atoms with Crippen molar-refractivity contribution in [3.8, 4) is 5.75 Å². The van der Waals surface area contributed by atoms with Gasteiger partial charge >= 0.3 is 0 Å². The molecule has 130 valence electrons. The van der Waals surface area contributed by atoms with Crippen LogP contribution in [0.25, 0.3) is 0 Å². The van der Waals surface area contributed by atoms with Gasteiger partial charge < -0.3 is 15.4 Å². The molecule has 25 heavy (non-hydrogen) atoms. The van der Waals surface area contributed by atoms with Crippen molar-refractivity contribution in [1.29, 1.82) is 0 Å². The SMILES string of the molecule is O=C(COc1ccccc1)Nc1cccc(NC(=O)C2CCCC2)c1. The van der Waals surface area contributed by atoms with Gasteiger partial charge in [0.1, 0.15) is 5.75 Å². The van der Waals surface area contributed by atoms with Crippen LogP contribution in [0.2, 0.25) is 0 Å². The maximum atomic E-state index is 12.2. The van der Waals surface area contributed by atoms with Crippen molar-refractivity contribution in [1.82, 2.24) is 0 Å². The Morgan fingerprint density at radius 1 is 0.920 bits per heavy atom. The first-order valence-corrected chi connectivity index (χ1v) is 8.59. The fourth-order valence-corrected chi connectivity index (χ4v) is 2.97. The highest BCUT2D eigenvalue weighted by Crippen LogP contribution is 2.26. The van der Waals surface area contributed by atoms with Crippen LogP contribution in [0.5, 0.6) is 5.75 Å². The summed E-state index contributed by atoms with van der Waals surface area (Å²) in [5.41, 5.74) is 1.32. The van der Waals surface area contributed by atoms with Crippen LogP contribution in [0.15, 0.2) is 54.6 Å². The fraction of sp³-hybridized carbons (Fsp3) is 0.300. The summed E-state index contributed by atoms with van der Waals surface area (Å²) < 4.78 is 5.42. The van der Waals surface area contributed by atoms with Crippen LogP contribution in [-0.4, -0.2) is 18.4 Å². The minimum atomic E-state index is -0.247. The number of carbonyl (C=O) groups is 2. The maximum Gasteiger partial charge on any atom is 0.262 e. The average Bonchev–Trinajstić information content (AvgIpc) is 3.16. The van der Waals surface area contributed by atoms with Crippen molar-refractivity contribution in [2.45, 2.75) is 25.7 Å². The highest BCUT2D eigenvalue weighted by atomic mass is 16.5. The van der Waals surface area contributed by atoms with Crippen molar-refractivity contribution in [3.05, 3.63) is 54.6 Å². The first kappa shape index (κ1) is 17.0. The van der Waals surface area contributed by atoms with E-state index < -0.39 is 0 Å². The summed E-state index contributed by atoms with van der Waals surface area (Å²) >= 11 is 0. The zero-order valence-electron chi connectivity index (χ0n) is 14.0. The Morgan fingerprint density at radius 2 is 1.60 bits per heavy atom. The number of benzene rings is 2. The fourth-order valence-electron chi connectivity index (χ4n) is 2.97. The van der Waals surface area contributed by atoms with Crippen LogP contribution >= 0.6 is 0 Å². The second-order valence-electron chi connectivity index (χ2n) is 6.20. The number of nitrogens with one attached hydrogen (secondary N) is 2. The average molecular weight is 338 g/mol. The van der Waals surface area contributed by atoms with Crippen LogP contribution in [0.3, 0.4) is 0 Å². The van der Waals surface area contributed by atoms with Crippen molar-refractivity contribution < 1.29 is 14.3 Å². The number of para-hydroxylation sites is 1. The third-order valence-electron chi connectivity index (χ3n) is 4.25. The monoisotopic (exact) mass is 338 g/mol. The summed E-state index contributed by atoms with van der Waals surface area (Å²) in [5, 5.41) is 5.71. The van der Waals surface area contributed by atoms with Crippen molar-refractivity contribution in [2.75, 3.05) is 17.2 Å². The molecule has 5 heteroatoms. The summed E-state index contributed by atoms with van der Waals surface area (Å²) in [6, 6.07) is 16.4. The Kier molecular flexibility index (Phi) is 5.67. The molecule has 0 radical (unpaired) electrons. The standard InChI is InChI=1S/C20H22N2O3/c23-19(14-25-18-11-2-1-3-12-18)21-16-9-6-10-17(13-16)22-20(24)15-7-4-5-8-15/h1-3,6,9-13,15H,4-5,7-8,14H2,(H,21,23)(H,22,24). The van der Waals surface area contributed by atoms with Gasteiger partial charge in [0.15, 0.2) is 6.61 Å². The molecule has 1 aliphatic rings. The molecule has 5 nitrogen and oxygen atoms in total. The van der Waals surface area contributed by atoms with Crippen LogP contribution in [-0.2, 0) is 9.59 Å². The molecule has 3 rings (SSSR count). The second-order valence-corrected chi connectivity index (χ2v) is 6.20. The molecule has 0 atom stereocenters. The summed E-state index contributed by atoms with van der Waals surface area (Å²) in [5.74, 6) is 0.573. The third-order valence-corrected chi connectivity index (χ3v) is 4.25. The van der Waals surface area contributed by atoms with Crippen molar-refractivity contribution in [2.24, 2.45) is 5.92 Å². The van der Waals surface area contributed by atoms with Crippen molar-refractivity contribution >= 4 is 23.2 Å². The lowest BCUT2D eigenvalue weighted by Gasteiger charge is -2.12. The summed E-state index contributed by atoms with van der Waals surface area (Å²) in [6.45, 7) is -0.0668. The molecule has 0 heterocycles. The zero-order chi connectivity index (χ0) is 17.5. The lowest BCUT2D eigenvalue weighted by atomic mass is 10.1. The minimum absolute atomic E-state index is 0.0633. The van der Waals surface area contributed by atoms with Gasteiger partial charge in [0.05, 0.1) is 0 Å². The molecule has 1 fully saturated rings. The molecule has 0 unspecified atom stereocenters. The lowest BCUT2D eigenvalue weighted by Crippen LogP contribution is -2.21. The largest absolute Gasteiger partial charge is 0.484 e. The van der Waals surface area contributed by atoms with E-state index in [9.17, 15) is 9.59 Å². The number of hydrogen-bond donors (Lipinski definition) is 2. The van der Waals surface area contributed by atoms with Crippen LogP contribution in [0.1, 0.15) is 25.7 Å². The molecule has 1 saturated carbocycles. The van der Waals surface area contributed by atoms with E-state index in [1.165, 1.54) is 0 Å². The minimum Gasteiger partial charge on any atom is -0.484 e. The molecular weight excluding hydrogens is 316 g/mol. The predicted octanol–water partition coefficient (Wildman–Crippen LogP) is 3.83. The molecular formula is C20H22N2O3. The summed E-state index contributed by atoms with van der Waals surface area (Å²) in [4.78, 5) is 24.2. The molecule has 2 aromatic rings. The summed E-state index contributed by atoms with van der Waals surface area (Å²) in [7, 11) is 0. The normalized spacial score (nSPS) is 14.1. The van der Waals surface area contributed by atoms with E-state index in [0.29, 0.717) is 17.1 Å². The Morgan fingerprint density at radius 3 is 2.32 bits per heavy atom. The number of anilines is 2. The van der Waals surface area contributed by atoms with Gasteiger partial charge in [0, 0.05) is 17.3 Å². The van der Waals surface area contributed by atoms with Crippen LogP contribution < -0.4 is 15.4 Å². The number of hydrogen-bond acceptors (Lipinski definition) is 3. The first-order valence-electron chi connectivity index (χ1n) is 8.59. The molecule has 0 spiro atoms. The van der Waals surface area contributed by atoms with E-state index >= 15 is 0 Å². The zero-order valence-corrected chi connectivity index (χ0v) is 14.0. The van der Waals surface area contributed by atoms with Gasteiger partial charge in [0.25, 0.3) is 5.91 Å². The predicted molar refractivity (Wildman–Crippen MR) is 97.6 cm³/mol. The Labute approximate surface area is 147 Å². The van der Waals surface area contributed by atoms with Crippen molar-refractivity contribution in [3.63, 3.8) is 0 Å². The Hall–Kier alpha value is -2.82. The van der Waals surface area contributed by atoms with Gasteiger partial charge in [-0.15, -0.1) is 0 Å². The van der Waals surface area contributed by atoms with Gasteiger partial charge in [0.2, 0.25) is 5.91 Å². The van der Waals surface area contributed by atoms with Gasteiger partial charge in [-0.05, 0) is 43.2 Å². The number of amides is 2. The van der Waals surface area contributed by atoms with E-state index in [0.717, 1.165) is 25.7 Å². The quantitative estimate of drug-likeness (QED) is 0.841. The number of carbonyl (C=O) groups excluding carboxylic acids is 2. The number of rotatable bonds is 6. The van der Waals surface area contributed by atoms with E-state index in [-0.39, 0.29) is 24.3 Å². The van der Waals surface area contributed by atoms with E-state index in [2.05, 4.69) is 10.6 Å². The molecule has 2 aromatic carbocycles. The molecule has 0 aromatic heterocycles. The first-order chi connectivity index (χ1) is 12.2. The molecule has 0 aliphatic heterocycles. The Balaban J connectivity index is 1.52. The highest BCUT2D eigenvalue weighted by molar-refractivity contribution is 5.95. The van der Waals surface area contributed by atoms with Crippen LogP contribution in [0.4, 0.5) is 11.4 Å². The van der Waals surface area contributed by atoms with E-state index in [1.807, 2.05) is 24.3 Å². The lowest BCUT2D eigenvalue weighted by molar-refractivity contribution is -0.119.